The van der Waals surface area contributed by atoms with Gasteiger partial charge < -0.3 is 34.5 Å². The molecule has 0 atom stereocenters. The Hall–Kier alpha value is -2.11. The van der Waals surface area contributed by atoms with Crippen LogP contribution in [0.2, 0.25) is 0 Å². The molecule has 0 saturated carbocycles. The highest BCUT2D eigenvalue weighted by atomic mass is 127. The van der Waals surface area contributed by atoms with Crippen LogP contribution in [-0.4, -0.2) is 76.1 Å². The molecule has 1 saturated heterocycles. The summed E-state index contributed by atoms with van der Waals surface area (Å²) < 4.78 is 21.7. The predicted molar refractivity (Wildman–Crippen MR) is 136 cm³/mol. The number of ether oxygens (including phenoxy) is 4. The van der Waals surface area contributed by atoms with Crippen LogP contribution in [0.25, 0.3) is 0 Å². The summed E-state index contributed by atoms with van der Waals surface area (Å²) in [5.41, 5.74) is 0.497. The summed E-state index contributed by atoms with van der Waals surface area (Å²) in [7, 11) is 4.80. The number of rotatable bonds is 8. The molecule has 32 heavy (non-hydrogen) atoms. The Kier molecular flexibility index (Phi) is 11.2. The van der Waals surface area contributed by atoms with Crippen molar-refractivity contribution in [1.82, 2.24) is 15.5 Å². The van der Waals surface area contributed by atoms with E-state index in [1.165, 1.54) is 0 Å². The third-order valence-corrected chi connectivity index (χ3v) is 4.66. The van der Waals surface area contributed by atoms with Crippen molar-refractivity contribution in [3.05, 3.63) is 17.7 Å². The van der Waals surface area contributed by atoms with Crippen LogP contribution >= 0.6 is 24.0 Å². The van der Waals surface area contributed by atoms with Gasteiger partial charge in [-0.25, -0.2) is 4.79 Å². The fraction of sp³-hybridized carbons (Fsp3) is 0.636. The molecule has 10 heteroatoms. The molecule has 1 aliphatic rings. The minimum atomic E-state index is -0.489. The number of nitrogens with zero attached hydrogens (tertiary/aromatic N) is 2. The van der Waals surface area contributed by atoms with Gasteiger partial charge in [-0.05, 0) is 40.2 Å². The Morgan fingerprint density at radius 1 is 1.12 bits per heavy atom. The Morgan fingerprint density at radius 3 is 2.31 bits per heavy atom. The number of nitrogens with one attached hydrogen (secondary N) is 2. The number of carbonyl (C=O) groups is 1. The highest BCUT2D eigenvalue weighted by Gasteiger charge is 2.34. The van der Waals surface area contributed by atoms with Gasteiger partial charge in [0.2, 0.25) is 5.75 Å². The quantitative estimate of drug-likeness (QED) is 0.285. The van der Waals surface area contributed by atoms with E-state index in [-0.39, 0.29) is 36.1 Å². The first-order chi connectivity index (χ1) is 14.7. The van der Waals surface area contributed by atoms with Crippen LogP contribution in [-0.2, 0) is 11.2 Å². The molecule has 0 aromatic heterocycles. The molecular weight excluding hydrogens is 527 g/mol. The van der Waals surface area contributed by atoms with Gasteiger partial charge in [0.15, 0.2) is 17.5 Å². The standard InChI is InChI=1S/C22H36N4O5.HI/c1-8-23-20(25-16-13-26(14-16)21(27)31-22(2,3)4)24-12-11-15-9-10-17(28-5)19(30-7)18(15)29-6;/h9-10,16H,8,11-14H2,1-7H3,(H2,23,24,25);1H. The number of methoxy groups -OCH3 is 3. The lowest BCUT2D eigenvalue weighted by molar-refractivity contribution is 0.00700. The van der Waals surface area contributed by atoms with Crippen LogP contribution in [0, 0.1) is 0 Å². The predicted octanol–water partition coefficient (Wildman–Crippen LogP) is 3.05. The topological polar surface area (TPSA) is 93.7 Å². The number of likely N-dealkylation sites (tertiary alicyclic amines) is 1. The highest BCUT2D eigenvalue weighted by molar-refractivity contribution is 14.0. The van der Waals surface area contributed by atoms with Crippen LogP contribution in [0.4, 0.5) is 4.79 Å². The average Bonchev–Trinajstić information content (AvgIpc) is 2.67. The summed E-state index contributed by atoms with van der Waals surface area (Å²) in [4.78, 5) is 18.4. The smallest absolute Gasteiger partial charge is 0.410 e. The van der Waals surface area contributed by atoms with Crippen LogP contribution < -0.4 is 24.8 Å². The van der Waals surface area contributed by atoms with Gasteiger partial charge in [0.05, 0.1) is 27.4 Å². The number of halogens is 1. The third-order valence-electron chi connectivity index (χ3n) is 4.66. The van der Waals surface area contributed by atoms with E-state index in [1.54, 1.807) is 26.2 Å². The molecule has 1 amide bonds. The molecule has 1 aliphatic heterocycles. The SMILES string of the molecule is CCNC(=NCCc1ccc(OC)c(OC)c1OC)NC1CN(C(=O)OC(C)(C)C)C1.I. The van der Waals surface area contributed by atoms with Crippen molar-refractivity contribution in [2.45, 2.75) is 45.8 Å². The number of amides is 1. The minimum Gasteiger partial charge on any atom is -0.493 e. The fourth-order valence-electron chi connectivity index (χ4n) is 3.21. The zero-order chi connectivity index (χ0) is 23.0. The second-order valence-corrected chi connectivity index (χ2v) is 8.23. The fourth-order valence-corrected chi connectivity index (χ4v) is 3.21. The van der Waals surface area contributed by atoms with Gasteiger partial charge in [-0.15, -0.1) is 24.0 Å². The van der Waals surface area contributed by atoms with E-state index < -0.39 is 5.60 Å². The zero-order valence-electron chi connectivity index (χ0n) is 20.1. The normalized spacial score (nSPS) is 14.1. The number of hydrogen-bond donors (Lipinski definition) is 2. The van der Waals surface area contributed by atoms with Crippen molar-refractivity contribution >= 4 is 36.0 Å². The Morgan fingerprint density at radius 2 is 1.78 bits per heavy atom. The molecule has 2 rings (SSSR count). The van der Waals surface area contributed by atoms with Gasteiger partial charge in [0.1, 0.15) is 5.60 Å². The third kappa shape index (κ3) is 7.79. The molecule has 1 aromatic rings. The molecule has 182 valence electrons. The summed E-state index contributed by atoms with van der Waals surface area (Å²) in [6, 6.07) is 3.96. The van der Waals surface area contributed by atoms with Crippen LogP contribution in [0.3, 0.4) is 0 Å². The molecule has 0 unspecified atom stereocenters. The molecule has 1 aromatic carbocycles. The van der Waals surface area contributed by atoms with Crippen molar-refractivity contribution in [2.24, 2.45) is 4.99 Å². The van der Waals surface area contributed by atoms with Crippen molar-refractivity contribution < 1.29 is 23.7 Å². The summed E-state index contributed by atoms with van der Waals surface area (Å²) in [6.07, 6.45) is 0.391. The van der Waals surface area contributed by atoms with Gasteiger partial charge in [-0.3, -0.25) is 4.99 Å². The van der Waals surface area contributed by atoms with E-state index in [0.29, 0.717) is 43.3 Å². The number of aliphatic imine (C=N–C) groups is 1. The Bertz CT molecular complexity index is 776. The van der Waals surface area contributed by atoms with Gasteiger partial charge in [-0.2, -0.15) is 0 Å². The van der Waals surface area contributed by atoms with Gasteiger partial charge in [0.25, 0.3) is 0 Å². The molecule has 2 N–H and O–H groups in total. The van der Waals surface area contributed by atoms with Gasteiger partial charge >= 0.3 is 6.09 Å². The summed E-state index contributed by atoms with van der Waals surface area (Å²) >= 11 is 0. The number of guanidine groups is 1. The maximum Gasteiger partial charge on any atom is 0.410 e. The summed E-state index contributed by atoms with van der Waals surface area (Å²) in [5, 5.41) is 6.62. The maximum absolute atomic E-state index is 12.1. The molecule has 1 heterocycles. The van der Waals surface area contributed by atoms with Gasteiger partial charge in [0, 0.05) is 31.7 Å². The monoisotopic (exact) mass is 564 g/mol. The van der Waals surface area contributed by atoms with Crippen molar-refractivity contribution in [3.8, 4) is 17.2 Å². The van der Waals surface area contributed by atoms with Crippen molar-refractivity contribution in [3.63, 3.8) is 0 Å². The average molecular weight is 564 g/mol. The summed E-state index contributed by atoms with van der Waals surface area (Å²) in [6.45, 7) is 10.1. The lowest BCUT2D eigenvalue weighted by Crippen LogP contribution is -2.63. The van der Waals surface area contributed by atoms with Crippen LogP contribution in [0.1, 0.15) is 33.3 Å². The second kappa shape index (κ2) is 12.8. The first kappa shape index (κ1) is 27.9. The number of benzene rings is 1. The Labute approximate surface area is 208 Å². The van der Waals surface area contributed by atoms with Crippen LogP contribution in [0.15, 0.2) is 17.1 Å². The summed E-state index contributed by atoms with van der Waals surface area (Å²) in [5.74, 6) is 2.58. The lowest BCUT2D eigenvalue weighted by Gasteiger charge is -2.40. The molecule has 9 nitrogen and oxygen atoms in total. The molecule has 0 spiro atoms. The minimum absolute atomic E-state index is 0. The molecule has 0 aliphatic carbocycles. The van der Waals surface area contributed by atoms with Crippen LogP contribution in [0.5, 0.6) is 17.2 Å². The molecular formula is C22H37IN4O5. The van der Waals surface area contributed by atoms with Gasteiger partial charge in [-0.1, -0.05) is 6.07 Å². The maximum atomic E-state index is 12.1. The van der Waals surface area contributed by atoms with E-state index in [9.17, 15) is 4.79 Å². The number of hydrogen-bond acceptors (Lipinski definition) is 6. The molecule has 0 radical (unpaired) electrons. The largest absolute Gasteiger partial charge is 0.493 e. The molecule has 1 fully saturated rings. The highest BCUT2D eigenvalue weighted by Crippen LogP contribution is 2.39. The first-order valence-electron chi connectivity index (χ1n) is 10.5. The van der Waals surface area contributed by atoms with E-state index in [4.69, 9.17) is 18.9 Å². The van der Waals surface area contributed by atoms with E-state index in [0.717, 1.165) is 18.1 Å². The van der Waals surface area contributed by atoms with E-state index in [1.807, 2.05) is 39.8 Å². The Balaban J connectivity index is 0.00000512. The van der Waals surface area contributed by atoms with E-state index >= 15 is 0 Å². The lowest BCUT2D eigenvalue weighted by atomic mass is 10.1. The zero-order valence-corrected chi connectivity index (χ0v) is 22.4. The van der Waals surface area contributed by atoms with E-state index in [2.05, 4.69) is 15.6 Å². The first-order valence-corrected chi connectivity index (χ1v) is 10.5. The van der Waals surface area contributed by atoms with Crippen molar-refractivity contribution in [2.75, 3.05) is 47.5 Å². The number of carbonyl (C=O) groups excluding carboxylic acids is 1. The molecule has 0 bridgehead atoms. The second-order valence-electron chi connectivity index (χ2n) is 8.23. The van der Waals surface area contributed by atoms with Crippen molar-refractivity contribution in [1.29, 1.82) is 0 Å².